The van der Waals surface area contributed by atoms with Gasteiger partial charge in [-0.3, -0.25) is 14.4 Å². The minimum Gasteiger partial charge on any atom is -0.363 e. The molecule has 0 bridgehead atoms. The number of hydrogen-bond donors (Lipinski definition) is 1. The highest BCUT2D eigenvalue weighted by Crippen LogP contribution is 2.30. The smallest absolute Gasteiger partial charge is 0.187 e. The van der Waals surface area contributed by atoms with Gasteiger partial charge < -0.3 is 4.98 Å². The summed E-state index contributed by atoms with van der Waals surface area (Å²) in [5, 5.41) is 4.53. The summed E-state index contributed by atoms with van der Waals surface area (Å²) in [6.07, 6.45) is 4.32. The van der Waals surface area contributed by atoms with E-state index < -0.39 is 0 Å². The molecule has 1 N–H and O–H groups in total. The van der Waals surface area contributed by atoms with E-state index in [1.165, 1.54) is 24.1 Å². The molecule has 0 radical (unpaired) electrons. The van der Waals surface area contributed by atoms with Gasteiger partial charge in [0.2, 0.25) is 0 Å². The lowest BCUT2D eigenvalue weighted by Crippen LogP contribution is -2.28. The van der Waals surface area contributed by atoms with Gasteiger partial charge in [0, 0.05) is 60.5 Å². The summed E-state index contributed by atoms with van der Waals surface area (Å²) in [6, 6.07) is 0.623. The van der Waals surface area contributed by atoms with Gasteiger partial charge in [-0.05, 0) is 40.5 Å². The molecular formula is C18H26N4O. The maximum Gasteiger partial charge on any atom is 0.187 e. The minimum atomic E-state index is 0.156. The van der Waals surface area contributed by atoms with Crippen molar-refractivity contribution in [3.63, 3.8) is 0 Å². The molecule has 1 fully saturated rings. The van der Waals surface area contributed by atoms with Crippen LogP contribution in [0.5, 0.6) is 0 Å². The van der Waals surface area contributed by atoms with Crippen LogP contribution in [0.15, 0.2) is 11.0 Å². The molecule has 0 unspecified atom stereocenters. The van der Waals surface area contributed by atoms with E-state index in [1.54, 1.807) is 0 Å². The quantitative estimate of drug-likeness (QED) is 0.922. The average molecular weight is 314 g/mol. The molecule has 1 aliphatic carbocycles. The zero-order valence-electron chi connectivity index (χ0n) is 14.7. The van der Waals surface area contributed by atoms with Crippen LogP contribution in [0.4, 0.5) is 0 Å². The highest BCUT2D eigenvalue weighted by atomic mass is 16.1. The van der Waals surface area contributed by atoms with E-state index in [2.05, 4.69) is 28.8 Å². The van der Waals surface area contributed by atoms with E-state index in [0.29, 0.717) is 6.04 Å². The number of nitrogens with zero attached hydrogens (tertiary/aromatic N) is 3. The van der Waals surface area contributed by atoms with Gasteiger partial charge in [0.25, 0.3) is 0 Å². The molecule has 0 aromatic carbocycles. The first-order valence-electron chi connectivity index (χ1n) is 8.29. The third-order valence-electron chi connectivity index (χ3n) is 5.06. The third kappa shape index (κ3) is 3.11. The maximum atomic E-state index is 12.2. The molecule has 2 heterocycles. The lowest BCUT2D eigenvalue weighted by Gasteiger charge is -2.23. The van der Waals surface area contributed by atoms with Crippen molar-refractivity contribution in [2.24, 2.45) is 7.05 Å². The molecular weight excluding hydrogens is 288 g/mol. The lowest BCUT2D eigenvalue weighted by molar-refractivity contribution is 0.241. The molecule has 124 valence electrons. The van der Waals surface area contributed by atoms with Gasteiger partial charge >= 0.3 is 0 Å². The maximum absolute atomic E-state index is 12.2. The molecule has 0 atom stereocenters. The van der Waals surface area contributed by atoms with Crippen LogP contribution in [0.1, 0.15) is 46.6 Å². The largest absolute Gasteiger partial charge is 0.363 e. The number of rotatable bonds is 5. The summed E-state index contributed by atoms with van der Waals surface area (Å²) >= 11 is 0. The van der Waals surface area contributed by atoms with Crippen LogP contribution < -0.4 is 5.43 Å². The van der Waals surface area contributed by atoms with E-state index >= 15 is 0 Å². The highest BCUT2D eigenvalue weighted by Gasteiger charge is 2.30. The van der Waals surface area contributed by atoms with Crippen molar-refractivity contribution >= 4 is 0 Å². The van der Waals surface area contributed by atoms with Gasteiger partial charge in [0.1, 0.15) is 0 Å². The molecule has 5 heteroatoms. The molecule has 1 saturated carbocycles. The average Bonchev–Trinajstić information content (AvgIpc) is 3.31. The fraction of sp³-hybridized carbons (Fsp3) is 0.556. The number of hydrogen-bond acceptors (Lipinski definition) is 3. The number of pyridine rings is 1. The van der Waals surface area contributed by atoms with Crippen molar-refractivity contribution in [3.8, 4) is 0 Å². The van der Waals surface area contributed by atoms with Crippen molar-refractivity contribution in [3.05, 3.63) is 50.2 Å². The number of aromatic nitrogens is 3. The number of H-pyrrole nitrogens is 1. The fourth-order valence-corrected chi connectivity index (χ4v) is 3.17. The summed E-state index contributed by atoms with van der Waals surface area (Å²) in [7, 11) is 1.99. The van der Waals surface area contributed by atoms with E-state index in [9.17, 15) is 4.79 Å². The Hall–Kier alpha value is -1.88. The van der Waals surface area contributed by atoms with Gasteiger partial charge in [0.15, 0.2) is 5.43 Å². The second-order valence-electron chi connectivity index (χ2n) is 6.81. The van der Waals surface area contributed by atoms with E-state index in [-0.39, 0.29) is 5.43 Å². The van der Waals surface area contributed by atoms with Gasteiger partial charge in [0.05, 0.1) is 5.69 Å². The highest BCUT2D eigenvalue weighted by molar-refractivity contribution is 5.26. The predicted molar refractivity (Wildman–Crippen MR) is 91.5 cm³/mol. The molecule has 23 heavy (non-hydrogen) atoms. The van der Waals surface area contributed by atoms with Crippen LogP contribution in [-0.4, -0.2) is 25.7 Å². The zero-order valence-corrected chi connectivity index (χ0v) is 14.7. The Labute approximate surface area is 137 Å². The molecule has 3 rings (SSSR count). The Morgan fingerprint density at radius 1 is 1.26 bits per heavy atom. The van der Waals surface area contributed by atoms with Crippen molar-refractivity contribution in [1.82, 2.24) is 19.7 Å². The van der Waals surface area contributed by atoms with Crippen LogP contribution >= 0.6 is 0 Å². The first-order valence-corrected chi connectivity index (χ1v) is 8.29. The summed E-state index contributed by atoms with van der Waals surface area (Å²) in [5.41, 5.74) is 6.45. The minimum absolute atomic E-state index is 0.156. The molecule has 0 amide bonds. The van der Waals surface area contributed by atoms with Crippen molar-refractivity contribution < 1.29 is 0 Å². The summed E-state index contributed by atoms with van der Waals surface area (Å²) in [6.45, 7) is 9.67. The van der Waals surface area contributed by atoms with Crippen molar-refractivity contribution in [2.75, 3.05) is 0 Å². The molecule has 1 aliphatic rings. The zero-order chi connectivity index (χ0) is 16.7. The van der Waals surface area contributed by atoms with Crippen LogP contribution in [0, 0.1) is 27.7 Å². The molecule has 5 nitrogen and oxygen atoms in total. The Kier molecular flexibility index (Phi) is 4.15. The third-order valence-corrected chi connectivity index (χ3v) is 5.06. The molecule has 2 aromatic heterocycles. The first-order chi connectivity index (χ1) is 10.9. The predicted octanol–water partition coefficient (Wildman–Crippen LogP) is 2.51. The van der Waals surface area contributed by atoms with E-state index in [1.807, 2.05) is 31.8 Å². The van der Waals surface area contributed by atoms with Crippen molar-refractivity contribution in [2.45, 2.75) is 59.7 Å². The second kappa shape index (κ2) is 5.96. The van der Waals surface area contributed by atoms with Gasteiger partial charge in [-0.15, -0.1) is 0 Å². The van der Waals surface area contributed by atoms with Gasteiger partial charge in [-0.1, -0.05) is 0 Å². The van der Waals surface area contributed by atoms with Crippen LogP contribution in [0.25, 0.3) is 0 Å². The van der Waals surface area contributed by atoms with Crippen LogP contribution in [-0.2, 0) is 20.1 Å². The Morgan fingerprint density at radius 3 is 2.52 bits per heavy atom. The van der Waals surface area contributed by atoms with Gasteiger partial charge in [-0.2, -0.15) is 5.10 Å². The number of aromatic amines is 1. The number of nitrogens with one attached hydrogen (secondary N) is 1. The SMILES string of the molecule is Cc1nn(C)c(C)c1CN(Cc1[nH]cc(C)c(=O)c1C)C1CC1. The van der Waals surface area contributed by atoms with E-state index in [4.69, 9.17) is 0 Å². The Bertz CT molecular complexity index is 783. The fourth-order valence-electron chi connectivity index (χ4n) is 3.17. The Morgan fingerprint density at radius 2 is 1.96 bits per heavy atom. The summed E-state index contributed by atoms with van der Waals surface area (Å²) < 4.78 is 1.95. The molecule has 0 aliphatic heterocycles. The molecule has 0 saturated heterocycles. The van der Waals surface area contributed by atoms with E-state index in [0.717, 1.165) is 35.6 Å². The van der Waals surface area contributed by atoms with Crippen LogP contribution in [0.2, 0.25) is 0 Å². The second-order valence-corrected chi connectivity index (χ2v) is 6.81. The standard InChI is InChI=1S/C18H26N4O/c1-11-8-19-17(12(2)18(11)23)10-22(15-6-7-15)9-16-13(3)20-21(5)14(16)4/h8,15H,6-7,9-10H2,1-5H3,(H,19,23). The van der Waals surface area contributed by atoms with Crippen LogP contribution in [0.3, 0.4) is 0 Å². The number of aryl methyl sites for hydroxylation is 3. The topological polar surface area (TPSA) is 53.9 Å². The molecule has 2 aromatic rings. The Balaban J connectivity index is 1.86. The first kappa shape index (κ1) is 16.0. The lowest BCUT2D eigenvalue weighted by atomic mass is 10.1. The molecule has 0 spiro atoms. The summed E-state index contributed by atoms with van der Waals surface area (Å²) in [5.74, 6) is 0. The monoisotopic (exact) mass is 314 g/mol. The van der Waals surface area contributed by atoms with Gasteiger partial charge in [-0.25, -0.2) is 0 Å². The van der Waals surface area contributed by atoms with Crippen molar-refractivity contribution in [1.29, 1.82) is 0 Å². The summed E-state index contributed by atoms with van der Waals surface area (Å²) in [4.78, 5) is 18.0. The normalized spacial score (nSPS) is 14.7.